The highest BCUT2D eigenvalue weighted by atomic mass is 16.3. The van der Waals surface area contributed by atoms with Gasteiger partial charge < -0.3 is 20.0 Å². The molecule has 2 rings (SSSR count). The van der Waals surface area contributed by atoms with Gasteiger partial charge in [0, 0.05) is 25.0 Å². The van der Waals surface area contributed by atoms with Crippen molar-refractivity contribution in [2.24, 2.45) is 10.8 Å². The molecule has 5 heteroatoms. The minimum Gasteiger partial charge on any atom is -0.395 e. The Morgan fingerprint density at radius 2 is 1.90 bits per heavy atom. The van der Waals surface area contributed by atoms with Crippen molar-refractivity contribution < 1.29 is 15.0 Å². The highest BCUT2D eigenvalue weighted by Gasteiger charge is 2.45. The fourth-order valence-corrected chi connectivity index (χ4v) is 3.77. The number of piperidine rings is 1. The van der Waals surface area contributed by atoms with E-state index in [0.717, 1.165) is 39.0 Å². The van der Waals surface area contributed by atoms with Crippen molar-refractivity contribution in [3.63, 3.8) is 0 Å². The smallest absolute Gasteiger partial charge is 0.233 e. The first-order valence-corrected chi connectivity index (χ1v) is 7.70. The minimum absolute atomic E-state index is 0.0707. The van der Waals surface area contributed by atoms with Gasteiger partial charge in [-0.15, -0.1) is 0 Å². The van der Waals surface area contributed by atoms with E-state index in [-0.39, 0.29) is 24.5 Å². The Labute approximate surface area is 121 Å². The van der Waals surface area contributed by atoms with E-state index in [9.17, 15) is 15.0 Å². The van der Waals surface area contributed by atoms with Crippen LogP contribution in [0.2, 0.25) is 0 Å². The van der Waals surface area contributed by atoms with Gasteiger partial charge >= 0.3 is 0 Å². The summed E-state index contributed by atoms with van der Waals surface area (Å²) in [6.07, 6.45) is 3.82. The van der Waals surface area contributed by atoms with Crippen LogP contribution in [0.1, 0.15) is 32.6 Å². The van der Waals surface area contributed by atoms with E-state index in [0.29, 0.717) is 6.42 Å². The Balaban J connectivity index is 2.10. The molecule has 2 fully saturated rings. The molecule has 116 valence electrons. The van der Waals surface area contributed by atoms with E-state index in [4.69, 9.17) is 0 Å². The minimum atomic E-state index is -0.997. The lowest BCUT2D eigenvalue weighted by Crippen LogP contribution is -2.54. The maximum Gasteiger partial charge on any atom is 0.233 e. The Morgan fingerprint density at radius 3 is 2.40 bits per heavy atom. The molecule has 0 aromatic heterocycles. The number of carbonyl (C=O) groups excluding carboxylic acids is 1. The van der Waals surface area contributed by atoms with Crippen molar-refractivity contribution in [2.75, 3.05) is 46.4 Å². The SMILES string of the molecule is CCC(CO)(CO)C(=O)N1CCC[C@@]2(CCN(C)C2)C1. The second-order valence-corrected chi connectivity index (χ2v) is 6.77. The lowest BCUT2D eigenvalue weighted by Gasteiger charge is -2.43. The van der Waals surface area contributed by atoms with Gasteiger partial charge in [-0.25, -0.2) is 0 Å². The highest BCUT2D eigenvalue weighted by molar-refractivity contribution is 5.83. The average Bonchev–Trinajstić information content (AvgIpc) is 2.82. The maximum absolute atomic E-state index is 12.7. The van der Waals surface area contributed by atoms with Crippen molar-refractivity contribution in [2.45, 2.75) is 32.6 Å². The van der Waals surface area contributed by atoms with Gasteiger partial charge in [-0.3, -0.25) is 4.79 Å². The Morgan fingerprint density at radius 1 is 1.20 bits per heavy atom. The zero-order valence-corrected chi connectivity index (χ0v) is 12.8. The maximum atomic E-state index is 12.7. The summed E-state index contributed by atoms with van der Waals surface area (Å²) in [6, 6.07) is 0. The van der Waals surface area contributed by atoms with Crippen LogP contribution in [0.5, 0.6) is 0 Å². The van der Waals surface area contributed by atoms with Gasteiger partial charge in [-0.2, -0.15) is 0 Å². The van der Waals surface area contributed by atoms with Gasteiger partial charge in [0.25, 0.3) is 0 Å². The topological polar surface area (TPSA) is 64.0 Å². The second kappa shape index (κ2) is 6.00. The molecular formula is C15H28N2O3. The molecule has 2 aliphatic rings. The average molecular weight is 284 g/mol. The molecule has 0 unspecified atom stereocenters. The number of hydrogen-bond donors (Lipinski definition) is 2. The fourth-order valence-electron chi connectivity index (χ4n) is 3.77. The van der Waals surface area contributed by atoms with Gasteiger partial charge in [-0.05, 0) is 39.3 Å². The molecular weight excluding hydrogens is 256 g/mol. The zero-order chi connectivity index (χ0) is 14.8. The number of aliphatic hydroxyl groups excluding tert-OH is 2. The number of likely N-dealkylation sites (tertiary alicyclic amines) is 2. The van der Waals surface area contributed by atoms with Crippen LogP contribution in [0.15, 0.2) is 0 Å². The summed E-state index contributed by atoms with van der Waals surface area (Å²) in [5.41, 5.74) is -0.768. The summed E-state index contributed by atoms with van der Waals surface area (Å²) in [5.74, 6) is -0.0707. The lowest BCUT2D eigenvalue weighted by atomic mass is 9.77. The number of hydrogen-bond acceptors (Lipinski definition) is 4. The molecule has 2 saturated heterocycles. The van der Waals surface area contributed by atoms with Gasteiger partial charge in [0.1, 0.15) is 0 Å². The molecule has 1 atom stereocenters. The third-order valence-electron chi connectivity index (χ3n) is 5.31. The van der Waals surface area contributed by atoms with Gasteiger partial charge in [0.2, 0.25) is 5.91 Å². The van der Waals surface area contributed by atoms with Crippen molar-refractivity contribution in [3.8, 4) is 0 Å². The molecule has 20 heavy (non-hydrogen) atoms. The summed E-state index contributed by atoms with van der Waals surface area (Å²) < 4.78 is 0. The van der Waals surface area contributed by atoms with Gasteiger partial charge in [-0.1, -0.05) is 6.92 Å². The summed E-state index contributed by atoms with van der Waals surface area (Å²) in [5, 5.41) is 19.1. The van der Waals surface area contributed by atoms with Gasteiger partial charge in [0.15, 0.2) is 0 Å². The van der Waals surface area contributed by atoms with Crippen LogP contribution in [0.25, 0.3) is 0 Å². The van der Waals surface area contributed by atoms with Crippen molar-refractivity contribution in [3.05, 3.63) is 0 Å². The molecule has 0 aromatic rings. The first-order valence-electron chi connectivity index (χ1n) is 7.70. The van der Waals surface area contributed by atoms with Crippen LogP contribution in [0.3, 0.4) is 0 Å². The number of nitrogens with zero attached hydrogens (tertiary/aromatic N) is 2. The Hall–Kier alpha value is -0.650. The molecule has 0 aliphatic carbocycles. The molecule has 0 aromatic carbocycles. The largest absolute Gasteiger partial charge is 0.395 e. The molecule has 0 bridgehead atoms. The van der Waals surface area contributed by atoms with Crippen molar-refractivity contribution >= 4 is 5.91 Å². The van der Waals surface area contributed by atoms with Crippen LogP contribution in [-0.4, -0.2) is 72.4 Å². The molecule has 1 spiro atoms. The summed E-state index contributed by atoms with van der Waals surface area (Å²) in [6.45, 7) is 4.98. The first-order chi connectivity index (χ1) is 9.51. The third kappa shape index (κ3) is 2.71. The monoisotopic (exact) mass is 284 g/mol. The van der Waals surface area contributed by atoms with E-state index in [2.05, 4.69) is 11.9 Å². The number of aliphatic hydroxyl groups is 2. The molecule has 0 radical (unpaired) electrons. The van der Waals surface area contributed by atoms with Crippen LogP contribution in [-0.2, 0) is 4.79 Å². The number of amides is 1. The van der Waals surface area contributed by atoms with E-state index in [1.165, 1.54) is 6.42 Å². The van der Waals surface area contributed by atoms with Crippen molar-refractivity contribution in [1.82, 2.24) is 9.80 Å². The van der Waals surface area contributed by atoms with Crippen LogP contribution < -0.4 is 0 Å². The summed E-state index contributed by atoms with van der Waals surface area (Å²) >= 11 is 0. The van der Waals surface area contributed by atoms with E-state index < -0.39 is 5.41 Å². The van der Waals surface area contributed by atoms with Crippen LogP contribution >= 0.6 is 0 Å². The quantitative estimate of drug-likeness (QED) is 0.780. The first kappa shape index (κ1) is 15.7. The molecule has 0 saturated carbocycles. The molecule has 2 heterocycles. The van der Waals surface area contributed by atoms with E-state index >= 15 is 0 Å². The molecule has 1 amide bonds. The van der Waals surface area contributed by atoms with Crippen LogP contribution in [0, 0.1) is 10.8 Å². The predicted octanol–water partition coefficient (Wildman–Crippen LogP) is 0.312. The van der Waals surface area contributed by atoms with Crippen molar-refractivity contribution in [1.29, 1.82) is 0 Å². The molecule has 5 nitrogen and oxygen atoms in total. The van der Waals surface area contributed by atoms with E-state index in [1.54, 1.807) is 0 Å². The third-order valence-corrected chi connectivity index (χ3v) is 5.31. The second-order valence-electron chi connectivity index (χ2n) is 6.77. The fraction of sp³-hybridized carbons (Fsp3) is 0.933. The Kier molecular flexibility index (Phi) is 4.72. The normalized spacial score (nSPS) is 28.3. The van der Waals surface area contributed by atoms with Gasteiger partial charge in [0.05, 0.1) is 18.6 Å². The predicted molar refractivity (Wildman–Crippen MR) is 77.3 cm³/mol. The zero-order valence-electron chi connectivity index (χ0n) is 12.8. The highest BCUT2D eigenvalue weighted by Crippen LogP contribution is 2.39. The van der Waals surface area contributed by atoms with E-state index in [1.807, 2.05) is 11.8 Å². The molecule has 2 aliphatic heterocycles. The lowest BCUT2D eigenvalue weighted by molar-refractivity contribution is -0.151. The number of carbonyl (C=O) groups is 1. The summed E-state index contributed by atoms with van der Waals surface area (Å²) in [4.78, 5) is 16.9. The standard InChI is InChI=1S/C15H28N2O3/c1-3-15(11-18,12-19)13(20)17-7-4-5-14(10-17)6-8-16(2)9-14/h18-19H,3-12H2,1-2H3/t14-/m0/s1. The Bertz CT molecular complexity index is 345. The number of rotatable bonds is 4. The summed E-state index contributed by atoms with van der Waals surface area (Å²) in [7, 11) is 2.13. The van der Waals surface area contributed by atoms with Crippen LogP contribution in [0.4, 0.5) is 0 Å². The molecule has 2 N–H and O–H groups in total.